The molecule has 2 fully saturated rings. The minimum atomic E-state index is 0.126. The Bertz CT molecular complexity index is 136. The zero-order valence-corrected chi connectivity index (χ0v) is 12.1. The van der Waals surface area contributed by atoms with Crippen LogP contribution in [0.15, 0.2) is 0 Å². The molecule has 0 radical (unpaired) electrons. The number of hydrogen-bond acceptors (Lipinski definition) is 2. The van der Waals surface area contributed by atoms with Crippen LogP contribution in [0.3, 0.4) is 0 Å². The molecule has 4 heteroatoms. The first-order chi connectivity index (χ1) is 6.95. The van der Waals surface area contributed by atoms with Crippen LogP contribution in [0.5, 0.6) is 0 Å². The van der Waals surface area contributed by atoms with Crippen LogP contribution in [0, 0.1) is 0 Å². The molecule has 82 valence electrons. The summed E-state index contributed by atoms with van der Waals surface area (Å²) >= 11 is 0. The largest absolute Gasteiger partial charge is 0.341 e. The fourth-order valence-corrected chi connectivity index (χ4v) is 8.05. The van der Waals surface area contributed by atoms with Crippen LogP contribution in [0.4, 0.5) is 0 Å². The van der Waals surface area contributed by atoms with E-state index in [-0.39, 0.29) is 18.4 Å². The van der Waals surface area contributed by atoms with Gasteiger partial charge in [0.05, 0.1) is 18.4 Å². The van der Waals surface area contributed by atoms with Gasteiger partial charge in [-0.1, -0.05) is 25.7 Å². The topological polar surface area (TPSA) is 24.1 Å². The van der Waals surface area contributed by atoms with Crippen molar-refractivity contribution in [1.29, 1.82) is 0 Å². The van der Waals surface area contributed by atoms with Crippen molar-refractivity contribution in [1.82, 2.24) is 9.96 Å². The summed E-state index contributed by atoms with van der Waals surface area (Å²) in [7, 11) is 0.252. The summed E-state index contributed by atoms with van der Waals surface area (Å²) < 4.78 is 0. The molecule has 14 heavy (non-hydrogen) atoms. The van der Waals surface area contributed by atoms with E-state index in [0.717, 1.165) is 12.1 Å². The SMILES string of the molecule is C1CCC(N[SiH2][SiH2]NC2CCCC2)C1. The molecule has 0 aromatic heterocycles. The summed E-state index contributed by atoms with van der Waals surface area (Å²) in [4.78, 5) is 7.69. The fraction of sp³-hybridized carbons (Fsp3) is 1.00. The predicted octanol–water partition coefficient (Wildman–Crippen LogP) is 0.133. The van der Waals surface area contributed by atoms with E-state index in [4.69, 9.17) is 0 Å². The molecule has 0 spiro atoms. The molecule has 0 saturated heterocycles. The Morgan fingerprint density at radius 1 is 0.643 bits per heavy atom. The Hall–Kier alpha value is 0.354. The zero-order chi connectivity index (χ0) is 9.64. The van der Waals surface area contributed by atoms with Gasteiger partial charge in [-0.3, -0.25) is 0 Å². The van der Waals surface area contributed by atoms with Gasteiger partial charge in [-0.2, -0.15) is 0 Å². The second-order valence-corrected chi connectivity index (χ2v) is 9.69. The maximum atomic E-state index is 3.84. The lowest BCUT2D eigenvalue weighted by Gasteiger charge is -2.14. The van der Waals surface area contributed by atoms with Crippen molar-refractivity contribution in [3.8, 4) is 0 Å². The van der Waals surface area contributed by atoms with Crippen molar-refractivity contribution in [2.75, 3.05) is 0 Å². The zero-order valence-electron chi connectivity index (χ0n) is 9.23. The smallest absolute Gasteiger partial charge is 0.0935 e. The van der Waals surface area contributed by atoms with Crippen LogP contribution in [-0.4, -0.2) is 30.5 Å². The van der Waals surface area contributed by atoms with Crippen molar-refractivity contribution in [2.45, 2.75) is 63.5 Å². The summed E-state index contributed by atoms with van der Waals surface area (Å²) in [5.74, 6) is 0. The first-order valence-corrected chi connectivity index (χ1v) is 11.8. The van der Waals surface area contributed by atoms with Gasteiger partial charge in [-0.25, -0.2) is 0 Å². The molecular weight excluding hydrogens is 204 g/mol. The van der Waals surface area contributed by atoms with Gasteiger partial charge in [0.25, 0.3) is 0 Å². The maximum absolute atomic E-state index is 3.84. The van der Waals surface area contributed by atoms with Crippen molar-refractivity contribution in [2.24, 2.45) is 0 Å². The Kier molecular flexibility index (Phi) is 4.69. The quantitative estimate of drug-likeness (QED) is 0.516. The number of rotatable bonds is 5. The van der Waals surface area contributed by atoms with Crippen LogP contribution in [0.25, 0.3) is 0 Å². The molecule has 0 aromatic carbocycles. The Labute approximate surface area is 92.2 Å². The van der Waals surface area contributed by atoms with E-state index in [1.807, 2.05) is 0 Å². The van der Waals surface area contributed by atoms with Crippen molar-refractivity contribution >= 4 is 18.4 Å². The molecule has 2 aliphatic rings. The molecule has 0 aromatic rings. The summed E-state index contributed by atoms with van der Waals surface area (Å²) in [5, 5.41) is 0. The summed E-state index contributed by atoms with van der Waals surface area (Å²) in [6.07, 6.45) is 11.8. The second-order valence-electron chi connectivity index (χ2n) is 4.87. The molecule has 0 aliphatic heterocycles. The Balaban J connectivity index is 1.46. The molecule has 0 heterocycles. The van der Waals surface area contributed by atoms with Gasteiger partial charge in [-0.05, 0) is 37.8 Å². The molecule has 0 bridgehead atoms. The highest BCUT2D eigenvalue weighted by Crippen LogP contribution is 2.17. The van der Waals surface area contributed by atoms with Crippen LogP contribution < -0.4 is 9.96 Å². The van der Waals surface area contributed by atoms with Crippen LogP contribution in [0.1, 0.15) is 51.4 Å². The lowest BCUT2D eigenvalue weighted by atomic mass is 10.3. The predicted molar refractivity (Wildman–Crippen MR) is 67.9 cm³/mol. The van der Waals surface area contributed by atoms with E-state index in [0.29, 0.717) is 0 Å². The molecule has 2 nitrogen and oxygen atoms in total. The van der Waals surface area contributed by atoms with Crippen LogP contribution in [0.2, 0.25) is 0 Å². The number of hydrogen-bond donors (Lipinski definition) is 2. The average molecular weight is 228 g/mol. The molecular formula is C10H24N2Si2. The molecule has 2 saturated carbocycles. The number of nitrogens with one attached hydrogen (secondary N) is 2. The van der Waals surface area contributed by atoms with Gasteiger partial charge in [0.2, 0.25) is 0 Å². The highest BCUT2D eigenvalue weighted by Gasteiger charge is 2.15. The van der Waals surface area contributed by atoms with E-state index in [1.54, 1.807) is 0 Å². The van der Waals surface area contributed by atoms with Gasteiger partial charge in [0.15, 0.2) is 0 Å². The minimum Gasteiger partial charge on any atom is -0.341 e. The van der Waals surface area contributed by atoms with Gasteiger partial charge >= 0.3 is 0 Å². The monoisotopic (exact) mass is 228 g/mol. The van der Waals surface area contributed by atoms with E-state index >= 15 is 0 Å². The third kappa shape index (κ3) is 3.49. The van der Waals surface area contributed by atoms with Gasteiger partial charge < -0.3 is 9.96 Å². The fourth-order valence-electron chi connectivity index (χ4n) is 2.81. The lowest BCUT2D eigenvalue weighted by molar-refractivity contribution is 0.639. The molecule has 2 rings (SSSR count). The molecule has 0 unspecified atom stereocenters. The minimum absolute atomic E-state index is 0.126. The lowest BCUT2D eigenvalue weighted by Crippen LogP contribution is -2.42. The first-order valence-electron chi connectivity index (χ1n) is 6.42. The van der Waals surface area contributed by atoms with Gasteiger partial charge in [0.1, 0.15) is 0 Å². The third-order valence-corrected chi connectivity index (χ3v) is 8.17. The molecule has 0 atom stereocenters. The van der Waals surface area contributed by atoms with Crippen molar-refractivity contribution < 1.29 is 0 Å². The maximum Gasteiger partial charge on any atom is 0.0935 e. The Morgan fingerprint density at radius 2 is 1.00 bits per heavy atom. The Morgan fingerprint density at radius 3 is 1.36 bits per heavy atom. The molecule has 0 amide bonds. The molecule has 2 aliphatic carbocycles. The van der Waals surface area contributed by atoms with E-state index < -0.39 is 0 Å². The highest BCUT2D eigenvalue weighted by atomic mass is 29.2. The van der Waals surface area contributed by atoms with Crippen LogP contribution in [-0.2, 0) is 0 Å². The highest BCUT2D eigenvalue weighted by molar-refractivity contribution is 6.98. The standard InChI is InChI=1S/C10H24N2Si2/c1-2-6-9(5-1)11-13-14-12-10-7-3-4-8-10/h9-12H,1-8,13-14H2. The van der Waals surface area contributed by atoms with Crippen LogP contribution >= 0.6 is 0 Å². The average Bonchev–Trinajstić information content (AvgIpc) is 2.86. The van der Waals surface area contributed by atoms with Crippen molar-refractivity contribution in [3.63, 3.8) is 0 Å². The summed E-state index contributed by atoms with van der Waals surface area (Å²) in [6, 6.07) is 1.86. The summed E-state index contributed by atoms with van der Waals surface area (Å²) in [6.45, 7) is 0. The first kappa shape index (κ1) is 10.9. The van der Waals surface area contributed by atoms with Gasteiger partial charge in [0, 0.05) is 0 Å². The second kappa shape index (κ2) is 6.05. The van der Waals surface area contributed by atoms with E-state index in [2.05, 4.69) is 9.96 Å². The van der Waals surface area contributed by atoms with Gasteiger partial charge in [-0.15, -0.1) is 0 Å². The summed E-state index contributed by atoms with van der Waals surface area (Å²) in [5.41, 5.74) is 0. The normalized spacial score (nSPS) is 26.6. The van der Waals surface area contributed by atoms with Crippen molar-refractivity contribution in [3.05, 3.63) is 0 Å². The molecule has 2 N–H and O–H groups in total. The van der Waals surface area contributed by atoms with E-state index in [9.17, 15) is 0 Å². The third-order valence-electron chi connectivity index (χ3n) is 3.70. The van der Waals surface area contributed by atoms with E-state index in [1.165, 1.54) is 51.4 Å².